The molecule has 0 amide bonds. The standard InChI is InChI=1S/C68H76Br2/c1-5-9-13-17-22-49-28-40-59-60-41-29-50(23-18-14-10-6-2)45-64(60)67(63(59)44-49,53-32-36-57(69)37-33-53)55-26-21-27-56(48-55)68(54-34-38-58(70)39-35-54)65-46-51(24-19-15-11-7-3)30-42-61(65)62-43-31-52(47-66(62)68)25-20-16-12-8-4/h21,26-48H,5-20,22-25H2,1-4H3. The highest BCUT2D eigenvalue weighted by Gasteiger charge is 2.50. The second-order valence-corrected chi connectivity index (χ2v) is 22.7. The van der Waals surface area contributed by atoms with Crippen LogP contribution in [0.3, 0.4) is 0 Å². The van der Waals surface area contributed by atoms with Crippen LogP contribution in [-0.4, -0.2) is 0 Å². The number of rotatable bonds is 24. The van der Waals surface area contributed by atoms with Crippen molar-refractivity contribution in [2.24, 2.45) is 0 Å². The molecule has 2 aliphatic rings. The summed E-state index contributed by atoms with van der Waals surface area (Å²) in [4.78, 5) is 0. The number of hydrogen-bond acceptors (Lipinski definition) is 0. The lowest BCUT2D eigenvalue weighted by Crippen LogP contribution is -2.32. The molecule has 0 fully saturated rings. The van der Waals surface area contributed by atoms with Gasteiger partial charge in [-0.3, -0.25) is 0 Å². The molecular weight excluding hydrogens is 977 g/mol. The summed E-state index contributed by atoms with van der Waals surface area (Å²) in [5.74, 6) is 0. The molecule has 7 aromatic carbocycles. The molecule has 0 unspecified atom stereocenters. The Morgan fingerprint density at radius 2 is 0.571 bits per heavy atom. The summed E-state index contributed by atoms with van der Waals surface area (Å²) >= 11 is 7.75. The van der Waals surface area contributed by atoms with Crippen LogP contribution in [0.1, 0.15) is 197 Å². The zero-order valence-corrected chi connectivity index (χ0v) is 45.9. The summed E-state index contributed by atoms with van der Waals surface area (Å²) in [5, 5.41) is 0. The minimum atomic E-state index is -0.534. The van der Waals surface area contributed by atoms with E-state index in [9.17, 15) is 0 Å². The second-order valence-electron chi connectivity index (χ2n) is 20.9. The first-order chi connectivity index (χ1) is 34.4. The van der Waals surface area contributed by atoms with E-state index in [1.54, 1.807) is 0 Å². The van der Waals surface area contributed by atoms with Crippen molar-refractivity contribution >= 4 is 31.9 Å². The van der Waals surface area contributed by atoms with Crippen molar-refractivity contribution in [3.63, 3.8) is 0 Å². The normalized spacial score (nSPS) is 13.8. The van der Waals surface area contributed by atoms with E-state index in [1.807, 2.05) is 0 Å². The van der Waals surface area contributed by atoms with Crippen molar-refractivity contribution < 1.29 is 0 Å². The van der Waals surface area contributed by atoms with E-state index in [-0.39, 0.29) is 0 Å². The molecule has 0 bridgehead atoms. The molecule has 0 atom stereocenters. The maximum Gasteiger partial charge on any atom is 0.0713 e. The Balaban J connectivity index is 1.32. The Kier molecular flexibility index (Phi) is 16.8. The molecule has 0 heterocycles. The first-order valence-corrected chi connectivity index (χ1v) is 29.1. The van der Waals surface area contributed by atoms with Crippen LogP contribution in [0, 0.1) is 0 Å². The molecule has 0 nitrogen and oxygen atoms in total. The fraction of sp³-hybridized carbons (Fsp3) is 0.382. The van der Waals surface area contributed by atoms with E-state index in [4.69, 9.17) is 0 Å². The molecule has 2 aliphatic carbocycles. The first-order valence-electron chi connectivity index (χ1n) is 27.5. The average Bonchev–Trinajstić information content (AvgIpc) is 3.84. The van der Waals surface area contributed by atoms with Gasteiger partial charge in [0.2, 0.25) is 0 Å². The van der Waals surface area contributed by atoms with Crippen LogP contribution in [0.4, 0.5) is 0 Å². The van der Waals surface area contributed by atoms with E-state index in [0.717, 1.165) is 34.6 Å². The summed E-state index contributed by atoms with van der Waals surface area (Å²) in [7, 11) is 0. The number of hydrogen-bond donors (Lipinski definition) is 0. The van der Waals surface area contributed by atoms with E-state index in [2.05, 4.69) is 205 Å². The topological polar surface area (TPSA) is 0 Å². The van der Waals surface area contributed by atoms with Gasteiger partial charge in [-0.1, -0.05) is 258 Å². The molecule has 70 heavy (non-hydrogen) atoms. The molecule has 0 N–H and O–H groups in total. The smallest absolute Gasteiger partial charge is 0.0654 e. The van der Waals surface area contributed by atoms with Gasteiger partial charge in [-0.25, -0.2) is 0 Å². The van der Waals surface area contributed by atoms with Gasteiger partial charge in [-0.15, -0.1) is 0 Å². The molecule has 0 spiro atoms. The third-order valence-electron chi connectivity index (χ3n) is 16.1. The molecule has 362 valence electrons. The van der Waals surface area contributed by atoms with Gasteiger partial charge in [-0.05, 0) is 165 Å². The molecular formula is C68H76Br2. The van der Waals surface area contributed by atoms with Gasteiger partial charge in [0.25, 0.3) is 0 Å². The lowest BCUT2D eigenvalue weighted by atomic mass is 9.63. The molecule has 9 rings (SSSR count). The van der Waals surface area contributed by atoms with Gasteiger partial charge in [-0.2, -0.15) is 0 Å². The van der Waals surface area contributed by atoms with E-state index < -0.39 is 10.8 Å². The van der Waals surface area contributed by atoms with Gasteiger partial charge >= 0.3 is 0 Å². The van der Waals surface area contributed by atoms with E-state index in [1.165, 1.54) is 192 Å². The van der Waals surface area contributed by atoms with Crippen LogP contribution in [-0.2, 0) is 36.5 Å². The van der Waals surface area contributed by atoms with Gasteiger partial charge in [0.05, 0.1) is 10.8 Å². The summed E-state index contributed by atoms with van der Waals surface area (Å²) < 4.78 is 2.22. The maximum atomic E-state index is 3.88. The van der Waals surface area contributed by atoms with Crippen molar-refractivity contribution in [3.05, 3.63) is 221 Å². The van der Waals surface area contributed by atoms with E-state index >= 15 is 0 Å². The summed E-state index contributed by atoms with van der Waals surface area (Å²) in [6.45, 7) is 9.26. The van der Waals surface area contributed by atoms with Crippen LogP contribution in [0.2, 0.25) is 0 Å². The minimum absolute atomic E-state index is 0.534. The Labute approximate surface area is 439 Å². The van der Waals surface area contributed by atoms with Gasteiger partial charge in [0, 0.05) is 8.95 Å². The summed E-state index contributed by atoms with van der Waals surface area (Å²) in [6, 6.07) is 59.0. The van der Waals surface area contributed by atoms with Crippen LogP contribution >= 0.6 is 31.9 Å². The molecule has 7 aromatic rings. The monoisotopic (exact) mass is 1050 g/mol. The molecule has 0 saturated heterocycles. The zero-order valence-electron chi connectivity index (χ0n) is 42.8. The quantitative estimate of drug-likeness (QED) is 0.0529. The van der Waals surface area contributed by atoms with Crippen LogP contribution in [0.25, 0.3) is 22.3 Å². The predicted molar refractivity (Wildman–Crippen MR) is 308 cm³/mol. The fourth-order valence-electron chi connectivity index (χ4n) is 12.4. The third-order valence-corrected chi connectivity index (χ3v) is 17.1. The van der Waals surface area contributed by atoms with Crippen molar-refractivity contribution in [1.82, 2.24) is 0 Å². The van der Waals surface area contributed by atoms with Crippen molar-refractivity contribution in [1.29, 1.82) is 0 Å². The third kappa shape index (κ3) is 10.00. The molecule has 0 radical (unpaired) electrons. The second kappa shape index (κ2) is 23.4. The fourth-order valence-corrected chi connectivity index (χ4v) is 13.0. The highest BCUT2D eigenvalue weighted by molar-refractivity contribution is 9.10. The highest BCUT2D eigenvalue weighted by Crippen LogP contribution is 2.60. The predicted octanol–water partition coefficient (Wildman–Crippen LogP) is 20.4. The Morgan fingerprint density at radius 1 is 0.286 bits per heavy atom. The number of unbranched alkanes of at least 4 members (excludes halogenated alkanes) is 12. The first kappa shape index (κ1) is 50.4. The van der Waals surface area contributed by atoms with E-state index in [0.29, 0.717) is 0 Å². The van der Waals surface area contributed by atoms with Crippen LogP contribution in [0.5, 0.6) is 0 Å². The number of benzene rings is 7. The zero-order chi connectivity index (χ0) is 48.5. The van der Waals surface area contributed by atoms with Crippen molar-refractivity contribution in [3.8, 4) is 22.3 Å². The highest BCUT2D eigenvalue weighted by atomic mass is 79.9. The number of fused-ring (bicyclic) bond motifs is 6. The molecule has 0 aliphatic heterocycles. The molecule has 0 saturated carbocycles. The van der Waals surface area contributed by atoms with Gasteiger partial charge in [0.1, 0.15) is 0 Å². The van der Waals surface area contributed by atoms with Crippen molar-refractivity contribution in [2.45, 2.75) is 167 Å². The van der Waals surface area contributed by atoms with Crippen molar-refractivity contribution in [2.75, 3.05) is 0 Å². The van der Waals surface area contributed by atoms with Crippen LogP contribution < -0.4 is 0 Å². The largest absolute Gasteiger partial charge is 0.0713 e. The maximum absolute atomic E-state index is 3.88. The Morgan fingerprint density at radius 3 is 0.843 bits per heavy atom. The Bertz CT molecular complexity index is 2530. The molecule has 2 heteroatoms. The minimum Gasteiger partial charge on any atom is -0.0654 e. The lowest BCUT2D eigenvalue weighted by molar-refractivity contribution is 0.664. The average molecular weight is 1050 g/mol. The number of aryl methyl sites for hydroxylation is 4. The number of halogens is 2. The summed E-state index contributed by atoms with van der Waals surface area (Å²) in [5.41, 5.74) is 21.2. The van der Waals surface area contributed by atoms with Gasteiger partial charge < -0.3 is 0 Å². The summed E-state index contributed by atoms with van der Waals surface area (Å²) in [6.07, 6.45) is 24.6. The SMILES string of the molecule is CCCCCCc1ccc2c(c1)C(c1ccc(Br)cc1)(c1cccc(C3(c4ccc(Br)cc4)c4cc(CCCCCC)ccc4-c4ccc(CCCCCC)cc43)c1)c1cc(CCCCCC)ccc1-2. The van der Waals surface area contributed by atoms with Crippen LogP contribution in [0.15, 0.2) is 155 Å². The van der Waals surface area contributed by atoms with Gasteiger partial charge in [0.15, 0.2) is 0 Å². The lowest BCUT2D eigenvalue weighted by Gasteiger charge is -2.38. The molecule has 0 aromatic heterocycles. The Hall–Kier alpha value is -4.50.